The molecule has 2 fully saturated rings. The summed E-state index contributed by atoms with van der Waals surface area (Å²) in [5, 5.41) is 0. The molecular formula is C15H30IN3O. The minimum Gasteiger partial charge on any atom is -0.378 e. The van der Waals surface area contributed by atoms with E-state index in [9.17, 15) is 0 Å². The molecule has 2 saturated carbocycles. The van der Waals surface area contributed by atoms with Crippen molar-refractivity contribution in [3.8, 4) is 0 Å². The van der Waals surface area contributed by atoms with Crippen molar-refractivity contribution in [2.24, 2.45) is 10.4 Å². The SMILES string of the molecule is CCOC1CC(N=C(N(C)C)N(C)C)C12CCCC2.I. The lowest BCUT2D eigenvalue weighted by atomic mass is 9.61. The molecule has 2 atom stereocenters. The molecule has 1 spiro atoms. The van der Waals surface area contributed by atoms with Crippen LogP contribution < -0.4 is 0 Å². The van der Waals surface area contributed by atoms with Gasteiger partial charge in [0, 0.05) is 40.2 Å². The van der Waals surface area contributed by atoms with Gasteiger partial charge in [-0.15, -0.1) is 24.0 Å². The molecule has 2 rings (SSSR count). The maximum Gasteiger partial charge on any atom is 0.195 e. The van der Waals surface area contributed by atoms with Crippen molar-refractivity contribution in [2.45, 2.75) is 51.2 Å². The molecule has 0 bridgehead atoms. The third kappa shape index (κ3) is 3.24. The summed E-state index contributed by atoms with van der Waals surface area (Å²) >= 11 is 0. The van der Waals surface area contributed by atoms with E-state index in [1.165, 1.54) is 25.7 Å². The topological polar surface area (TPSA) is 28.1 Å². The maximum atomic E-state index is 5.95. The van der Waals surface area contributed by atoms with E-state index in [-0.39, 0.29) is 24.0 Å². The quantitative estimate of drug-likeness (QED) is 0.418. The van der Waals surface area contributed by atoms with Gasteiger partial charge in [0.2, 0.25) is 0 Å². The van der Waals surface area contributed by atoms with Gasteiger partial charge in [-0.05, 0) is 26.2 Å². The highest BCUT2D eigenvalue weighted by molar-refractivity contribution is 14.0. The highest BCUT2D eigenvalue weighted by Gasteiger charge is 2.57. The Labute approximate surface area is 141 Å². The highest BCUT2D eigenvalue weighted by Crippen LogP contribution is 2.56. The zero-order valence-corrected chi connectivity index (χ0v) is 15.9. The summed E-state index contributed by atoms with van der Waals surface area (Å²) in [6.45, 7) is 2.93. The molecule has 0 amide bonds. The van der Waals surface area contributed by atoms with Gasteiger partial charge in [0.25, 0.3) is 0 Å². The molecule has 2 aliphatic carbocycles. The number of hydrogen-bond donors (Lipinski definition) is 0. The van der Waals surface area contributed by atoms with Crippen molar-refractivity contribution in [1.82, 2.24) is 9.80 Å². The largest absolute Gasteiger partial charge is 0.378 e. The molecule has 0 aliphatic heterocycles. The average Bonchev–Trinajstić information content (AvgIpc) is 2.83. The van der Waals surface area contributed by atoms with Crippen molar-refractivity contribution >= 4 is 29.9 Å². The molecule has 0 aromatic rings. The van der Waals surface area contributed by atoms with Crippen molar-refractivity contribution in [2.75, 3.05) is 34.8 Å². The van der Waals surface area contributed by atoms with Gasteiger partial charge in [-0.25, -0.2) is 4.99 Å². The molecular weight excluding hydrogens is 365 g/mol. The van der Waals surface area contributed by atoms with Crippen LogP contribution in [0.1, 0.15) is 39.0 Å². The van der Waals surface area contributed by atoms with Crippen LogP contribution in [0, 0.1) is 5.41 Å². The number of halogens is 1. The molecule has 0 saturated heterocycles. The zero-order valence-electron chi connectivity index (χ0n) is 13.6. The van der Waals surface area contributed by atoms with E-state index in [1.54, 1.807) is 0 Å². The monoisotopic (exact) mass is 395 g/mol. The minimum atomic E-state index is 0. The fourth-order valence-electron chi connectivity index (χ4n) is 3.80. The van der Waals surface area contributed by atoms with Crippen LogP contribution >= 0.6 is 24.0 Å². The maximum absolute atomic E-state index is 5.95. The molecule has 4 nitrogen and oxygen atoms in total. The summed E-state index contributed by atoms with van der Waals surface area (Å²) < 4.78 is 5.95. The zero-order chi connectivity index (χ0) is 14.0. The smallest absolute Gasteiger partial charge is 0.195 e. The second kappa shape index (κ2) is 7.29. The van der Waals surface area contributed by atoms with Crippen LogP contribution in [0.4, 0.5) is 0 Å². The van der Waals surface area contributed by atoms with Crippen LogP contribution in [0.25, 0.3) is 0 Å². The Morgan fingerprint density at radius 3 is 2.15 bits per heavy atom. The van der Waals surface area contributed by atoms with E-state index >= 15 is 0 Å². The Hall–Kier alpha value is -0.0400. The van der Waals surface area contributed by atoms with E-state index in [0.717, 1.165) is 19.0 Å². The predicted molar refractivity (Wildman–Crippen MR) is 94.9 cm³/mol. The van der Waals surface area contributed by atoms with Crippen LogP contribution in [-0.4, -0.2) is 62.7 Å². The van der Waals surface area contributed by atoms with E-state index < -0.39 is 0 Å². The highest BCUT2D eigenvalue weighted by atomic mass is 127. The fourth-order valence-corrected chi connectivity index (χ4v) is 3.80. The summed E-state index contributed by atoms with van der Waals surface area (Å²) in [7, 11) is 8.27. The van der Waals surface area contributed by atoms with Crippen LogP contribution in [0.3, 0.4) is 0 Å². The Morgan fingerprint density at radius 2 is 1.70 bits per heavy atom. The lowest BCUT2D eigenvalue weighted by Gasteiger charge is -2.52. The number of hydrogen-bond acceptors (Lipinski definition) is 2. The van der Waals surface area contributed by atoms with Gasteiger partial charge in [0.15, 0.2) is 5.96 Å². The summed E-state index contributed by atoms with van der Waals surface area (Å²) in [5.74, 6) is 1.08. The number of rotatable bonds is 3. The van der Waals surface area contributed by atoms with Gasteiger partial charge in [-0.3, -0.25) is 0 Å². The van der Waals surface area contributed by atoms with Crippen molar-refractivity contribution in [1.29, 1.82) is 0 Å². The fraction of sp³-hybridized carbons (Fsp3) is 0.933. The second-order valence-electron chi connectivity index (χ2n) is 6.35. The lowest BCUT2D eigenvalue weighted by Crippen LogP contribution is -2.57. The van der Waals surface area contributed by atoms with Crippen molar-refractivity contribution in [3.05, 3.63) is 0 Å². The minimum absolute atomic E-state index is 0. The van der Waals surface area contributed by atoms with Crippen molar-refractivity contribution in [3.63, 3.8) is 0 Å². The summed E-state index contributed by atoms with van der Waals surface area (Å²) in [6.07, 6.45) is 6.81. The normalized spacial score (nSPS) is 26.6. The molecule has 0 aromatic heterocycles. The molecule has 0 aromatic carbocycles. The third-order valence-corrected chi connectivity index (χ3v) is 4.72. The molecule has 0 heterocycles. The van der Waals surface area contributed by atoms with Gasteiger partial charge in [-0.1, -0.05) is 12.8 Å². The summed E-state index contributed by atoms with van der Waals surface area (Å²) in [6, 6.07) is 0.450. The van der Waals surface area contributed by atoms with Crippen molar-refractivity contribution < 1.29 is 4.74 Å². The third-order valence-electron chi connectivity index (χ3n) is 4.72. The molecule has 118 valence electrons. The Kier molecular flexibility index (Phi) is 6.57. The predicted octanol–water partition coefficient (Wildman–Crippen LogP) is 2.82. The van der Waals surface area contributed by atoms with Gasteiger partial charge < -0.3 is 14.5 Å². The summed E-state index contributed by atoms with van der Waals surface area (Å²) in [4.78, 5) is 9.25. The number of aliphatic imine (C=N–C) groups is 1. The first-order chi connectivity index (χ1) is 9.01. The first-order valence-corrected chi connectivity index (χ1v) is 7.55. The van der Waals surface area contributed by atoms with E-state index in [4.69, 9.17) is 9.73 Å². The molecule has 0 radical (unpaired) electrons. The van der Waals surface area contributed by atoms with E-state index in [1.807, 2.05) is 0 Å². The number of nitrogens with zero attached hydrogens (tertiary/aromatic N) is 3. The first kappa shape index (κ1) is 18.0. The van der Waals surface area contributed by atoms with Gasteiger partial charge in [0.05, 0.1) is 12.1 Å². The molecule has 2 unspecified atom stereocenters. The Bertz CT molecular complexity index is 328. The molecule has 0 N–H and O–H groups in total. The second-order valence-corrected chi connectivity index (χ2v) is 6.35. The Morgan fingerprint density at radius 1 is 1.15 bits per heavy atom. The standard InChI is InChI=1S/C15H29N3O.HI/c1-6-19-13-11-12(15(13)9-7-8-10-15)16-14(17(2)3)18(4)5;/h12-13H,6-11H2,1-5H3;1H. The number of ether oxygens (including phenoxy) is 1. The molecule has 5 heteroatoms. The van der Waals surface area contributed by atoms with Crippen LogP contribution in [0.2, 0.25) is 0 Å². The van der Waals surface area contributed by atoms with Crippen LogP contribution in [-0.2, 0) is 4.74 Å². The van der Waals surface area contributed by atoms with Crippen LogP contribution in [0.5, 0.6) is 0 Å². The van der Waals surface area contributed by atoms with E-state index in [2.05, 4.69) is 44.9 Å². The lowest BCUT2D eigenvalue weighted by molar-refractivity contribution is -0.119. The van der Waals surface area contributed by atoms with Crippen LogP contribution in [0.15, 0.2) is 4.99 Å². The van der Waals surface area contributed by atoms with Gasteiger partial charge in [-0.2, -0.15) is 0 Å². The Balaban J connectivity index is 0.00000200. The first-order valence-electron chi connectivity index (χ1n) is 7.55. The molecule has 2 aliphatic rings. The average molecular weight is 395 g/mol. The summed E-state index contributed by atoms with van der Waals surface area (Å²) in [5.41, 5.74) is 0.341. The van der Waals surface area contributed by atoms with E-state index in [0.29, 0.717) is 17.6 Å². The number of guanidine groups is 1. The molecule has 20 heavy (non-hydrogen) atoms. The van der Waals surface area contributed by atoms with Gasteiger partial charge >= 0.3 is 0 Å². The van der Waals surface area contributed by atoms with Gasteiger partial charge in [0.1, 0.15) is 0 Å².